The molecule has 6 nitrogen and oxygen atoms in total. The van der Waals surface area contributed by atoms with Crippen molar-refractivity contribution in [3.63, 3.8) is 0 Å². The van der Waals surface area contributed by atoms with Crippen molar-refractivity contribution in [2.75, 3.05) is 12.0 Å². The van der Waals surface area contributed by atoms with E-state index in [4.69, 9.17) is 4.74 Å². The van der Waals surface area contributed by atoms with Crippen LogP contribution in [-0.2, 0) is 9.59 Å². The summed E-state index contributed by atoms with van der Waals surface area (Å²) >= 11 is 2.85. The van der Waals surface area contributed by atoms with Gasteiger partial charge in [-0.25, -0.2) is 4.39 Å². The number of carbonyl (C=O) groups excluding carboxylic acids is 2. The Labute approximate surface area is 208 Å². The minimum absolute atomic E-state index is 0.0302. The van der Waals surface area contributed by atoms with Gasteiger partial charge >= 0.3 is 4.87 Å². The highest BCUT2D eigenvalue weighted by molar-refractivity contribution is 8.00. The number of hydrogen-bond acceptors (Lipinski definition) is 6. The molecule has 2 aliphatic heterocycles. The number of hydrogen-bond donors (Lipinski definition) is 1. The molecule has 2 saturated carbocycles. The molecule has 1 aromatic heterocycles. The molecule has 1 saturated heterocycles. The number of thiazole rings is 1. The van der Waals surface area contributed by atoms with E-state index in [1.807, 2.05) is 0 Å². The fourth-order valence-electron chi connectivity index (χ4n) is 7.05. The molecule has 0 spiro atoms. The molecule has 2 bridgehead atoms. The summed E-state index contributed by atoms with van der Waals surface area (Å²) in [5.41, 5.74) is 1.52. The van der Waals surface area contributed by atoms with Gasteiger partial charge in [-0.05, 0) is 66.1 Å². The number of aromatic amines is 1. The van der Waals surface area contributed by atoms with Crippen LogP contribution in [0.1, 0.15) is 22.8 Å². The van der Waals surface area contributed by atoms with Crippen molar-refractivity contribution < 1.29 is 18.7 Å². The second-order valence-corrected chi connectivity index (χ2v) is 11.9. The van der Waals surface area contributed by atoms with Crippen molar-refractivity contribution >= 4 is 40.6 Å². The molecule has 2 aromatic carbocycles. The van der Waals surface area contributed by atoms with Gasteiger partial charge in [-0.2, -0.15) is 0 Å². The van der Waals surface area contributed by atoms with Crippen LogP contribution in [0.5, 0.6) is 5.75 Å². The topological polar surface area (TPSA) is 79.5 Å². The first-order valence-electron chi connectivity index (χ1n) is 11.6. The lowest BCUT2D eigenvalue weighted by molar-refractivity contribution is -0.123. The number of nitrogens with one attached hydrogen (secondary N) is 1. The number of carbonyl (C=O) groups is 2. The Morgan fingerprint density at radius 3 is 2.34 bits per heavy atom. The predicted molar refractivity (Wildman–Crippen MR) is 130 cm³/mol. The summed E-state index contributed by atoms with van der Waals surface area (Å²) < 4.78 is 19.0. The van der Waals surface area contributed by atoms with Gasteiger partial charge in [0.25, 0.3) is 0 Å². The normalized spacial score (nSPS) is 32.5. The first kappa shape index (κ1) is 21.4. The highest BCUT2D eigenvalue weighted by atomic mass is 32.2. The second kappa shape index (κ2) is 7.54. The molecule has 3 aromatic rings. The number of anilines is 1. The summed E-state index contributed by atoms with van der Waals surface area (Å²) in [5.74, 6) is -0.525. The lowest BCUT2D eigenvalue weighted by Gasteiger charge is -2.43. The van der Waals surface area contributed by atoms with Crippen LogP contribution in [0, 0.1) is 35.4 Å². The third-order valence-corrected chi connectivity index (χ3v) is 10.9. The van der Waals surface area contributed by atoms with Crippen molar-refractivity contribution in [1.29, 1.82) is 0 Å². The molecule has 4 aliphatic rings. The summed E-state index contributed by atoms with van der Waals surface area (Å²) in [5, 5.41) is 0.963. The smallest absolute Gasteiger partial charge is 0.305 e. The zero-order valence-corrected chi connectivity index (χ0v) is 20.3. The molecule has 7 atom stereocenters. The van der Waals surface area contributed by atoms with Crippen molar-refractivity contribution in [3.8, 4) is 5.75 Å². The van der Waals surface area contributed by atoms with Crippen LogP contribution in [0.3, 0.4) is 0 Å². The van der Waals surface area contributed by atoms with Gasteiger partial charge < -0.3 is 9.72 Å². The number of amides is 2. The zero-order chi connectivity index (χ0) is 24.0. The molecule has 178 valence electrons. The molecule has 3 fully saturated rings. The van der Waals surface area contributed by atoms with Crippen molar-refractivity contribution in [2.24, 2.45) is 29.6 Å². The summed E-state index contributed by atoms with van der Waals surface area (Å²) in [6, 6.07) is 13.5. The van der Waals surface area contributed by atoms with Gasteiger partial charge in [-0.3, -0.25) is 19.3 Å². The molecule has 1 N–H and O–H groups in total. The first-order valence-corrected chi connectivity index (χ1v) is 13.3. The highest BCUT2D eigenvalue weighted by Crippen LogP contribution is 2.68. The molecule has 0 radical (unpaired) electrons. The maximum absolute atomic E-state index is 13.7. The summed E-state index contributed by atoms with van der Waals surface area (Å²) in [6.45, 7) is 0. The van der Waals surface area contributed by atoms with E-state index in [1.165, 1.54) is 28.4 Å². The summed E-state index contributed by atoms with van der Waals surface area (Å²) in [6.07, 6.45) is 0.822. The van der Waals surface area contributed by atoms with E-state index >= 15 is 0 Å². The number of fused-ring (bicyclic) bond motifs is 9. The maximum atomic E-state index is 13.7. The summed E-state index contributed by atoms with van der Waals surface area (Å²) in [4.78, 5) is 44.8. The Balaban J connectivity index is 1.30. The van der Waals surface area contributed by atoms with E-state index in [2.05, 4.69) is 4.98 Å². The van der Waals surface area contributed by atoms with Crippen LogP contribution in [0.25, 0.3) is 0 Å². The van der Waals surface area contributed by atoms with Crippen LogP contribution in [0.15, 0.2) is 58.4 Å². The number of methoxy groups -OCH3 is 1. The number of halogens is 1. The van der Waals surface area contributed by atoms with Crippen molar-refractivity contribution in [2.45, 2.75) is 22.6 Å². The first-order chi connectivity index (χ1) is 17.0. The number of nitrogens with zero attached hydrogens (tertiary/aromatic N) is 1. The van der Waals surface area contributed by atoms with E-state index in [-0.39, 0.29) is 63.3 Å². The minimum atomic E-state index is -0.364. The Morgan fingerprint density at radius 2 is 1.66 bits per heavy atom. The predicted octanol–water partition coefficient (Wildman–Crippen LogP) is 4.26. The monoisotopic (exact) mass is 508 g/mol. The van der Waals surface area contributed by atoms with E-state index in [9.17, 15) is 18.8 Å². The Hall–Kier alpha value is -2.91. The molecule has 3 heterocycles. The molecule has 6 unspecified atom stereocenters. The Morgan fingerprint density at radius 1 is 0.971 bits per heavy atom. The Kier molecular flexibility index (Phi) is 4.61. The van der Waals surface area contributed by atoms with E-state index in [0.29, 0.717) is 11.4 Å². The molecule has 35 heavy (non-hydrogen) atoms. The van der Waals surface area contributed by atoms with E-state index in [1.54, 1.807) is 55.3 Å². The van der Waals surface area contributed by atoms with Gasteiger partial charge in [0, 0.05) is 16.0 Å². The average molecular weight is 509 g/mol. The highest BCUT2D eigenvalue weighted by Gasteiger charge is 2.69. The van der Waals surface area contributed by atoms with Crippen molar-refractivity contribution in [3.05, 3.63) is 74.5 Å². The third-order valence-electron chi connectivity index (χ3n) is 8.28. The third kappa shape index (κ3) is 2.91. The number of H-pyrrole nitrogens is 1. The van der Waals surface area contributed by atoms with Crippen LogP contribution < -0.4 is 14.5 Å². The number of aromatic nitrogens is 1. The van der Waals surface area contributed by atoms with Crippen LogP contribution in [-0.4, -0.2) is 29.2 Å². The number of benzene rings is 2. The van der Waals surface area contributed by atoms with Gasteiger partial charge in [-0.15, -0.1) is 11.8 Å². The zero-order valence-electron chi connectivity index (χ0n) is 18.6. The molecule has 2 amide bonds. The van der Waals surface area contributed by atoms with Crippen LogP contribution in [0.4, 0.5) is 10.1 Å². The standard InChI is InChI=1S/C26H21FN2O4S2/c1-33-14-8-6-13(7-9-14)29-24(30)19-15-10-16(20(19)25(29)31)21-18(15)17(11-2-4-12(27)5-3-11)22-23(34-21)28-26(32)35-22/h2-9,15-21H,10H2,1H3,(H,28,32)/t15?,16?,17-,18?,19?,20?,21?/m1/s1. The molecule has 9 heteroatoms. The largest absolute Gasteiger partial charge is 0.497 e. The van der Waals surface area contributed by atoms with Gasteiger partial charge in [0.05, 0.1) is 29.7 Å². The van der Waals surface area contributed by atoms with Crippen LogP contribution in [0.2, 0.25) is 0 Å². The molecule has 7 rings (SSSR count). The van der Waals surface area contributed by atoms with Crippen molar-refractivity contribution in [1.82, 2.24) is 4.98 Å². The fourth-order valence-corrected chi connectivity index (χ4v) is 9.93. The van der Waals surface area contributed by atoms with E-state index in [0.717, 1.165) is 21.9 Å². The molecular weight excluding hydrogens is 487 g/mol. The van der Waals surface area contributed by atoms with E-state index < -0.39 is 0 Å². The maximum Gasteiger partial charge on any atom is 0.305 e. The van der Waals surface area contributed by atoms with Gasteiger partial charge in [-0.1, -0.05) is 23.5 Å². The number of rotatable bonds is 3. The molecule has 2 aliphatic carbocycles. The number of ether oxygens (including phenoxy) is 1. The number of thioether (sulfide) groups is 1. The summed E-state index contributed by atoms with van der Waals surface area (Å²) in [7, 11) is 1.58. The van der Waals surface area contributed by atoms with Gasteiger partial charge in [0.1, 0.15) is 11.6 Å². The molecular formula is C26H21FN2O4S2. The SMILES string of the molecule is COc1ccc(N2C(=O)C3C4CC(C3C2=O)C2C4Sc3[nH]c(=O)sc3[C@@H]2c2ccc(F)cc2)cc1. The Bertz CT molecular complexity index is 1420. The average Bonchev–Trinajstić information content (AvgIpc) is 3.59. The second-order valence-electron chi connectivity index (χ2n) is 9.72. The lowest BCUT2D eigenvalue weighted by Crippen LogP contribution is -2.42. The van der Waals surface area contributed by atoms with Gasteiger partial charge in [0.2, 0.25) is 11.8 Å². The lowest BCUT2D eigenvalue weighted by atomic mass is 9.68. The quantitative estimate of drug-likeness (QED) is 0.535. The van der Waals surface area contributed by atoms with Gasteiger partial charge in [0.15, 0.2) is 0 Å². The fraction of sp³-hybridized carbons (Fsp3) is 0.346. The number of imide groups is 1. The minimum Gasteiger partial charge on any atom is -0.497 e. The van der Waals surface area contributed by atoms with Crippen LogP contribution >= 0.6 is 23.1 Å².